The van der Waals surface area contributed by atoms with E-state index in [0.717, 1.165) is 11.3 Å². The van der Waals surface area contributed by atoms with Crippen molar-refractivity contribution in [2.75, 3.05) is 18.0 Å². The van der Waals surface area contributed by atoms with Gasteiger partial charge >= 0.3 is 6.09 Å². The predicted octanol–water partition coefficient (Wildman–Crippen LogP) is 2.66. The van der Waals surface area contributed by atoms with Gasteiger partial charge in [-0.1, -0.05) is 39.0 Å². The molecule has 1 amide bonds. The Balaban J connectivity index is 2.41. The van der Waals surface area contributed by atoms with Crippen LogP contribution in [0.15, 0.2) is 24.3 Å². The number of hydrogen-bond donors (Lipinski definition) is 1. The first-order chi connectivity index (χ1) is 8.77. The number of rotatable bonds is 2. The van der Waals surface area contributed by atoms with Gasteiger partial charge in [0.25, 0.3) is 0 Å². The van der Waals surface area contributed by atoms with Crippen LogP contribution < -0.4 is 10.6 Å². The van der Waals surface area contributed by atoms with Crippen LogP contribution in [-0.2, 0) is 10.2 Å². The van der Waals surface area contributed by atoms with Gasteiger partial charge in [0.1, 0.15) is 5.60 Å². The smallest absolute Gasteiger partial charge is 0.415 e. The van der Waals surface area contributed by atoms with Crippen molar-refractivity contribution < 1.29 is 9.53 Å². The molecular weight excluding hydrogens is 240 g/mol. The molecule has 1 saturated heterocycles. The summed E-state index contributed by atoms with van der Waals surface area (Å²) in [6.07, 6.45) is -0.315. The lowest BCUT2D eigenvalue weighted by molar-refractivity contribution is 0.0789. The molecule has 0 saturated carbocycles. The lowest BCUT2D eigenvalue weighted by Gasteiger charge is -2.26. The van der Waals surface area contributed by atoms with Crippen LogP contribution in [0, 0.1) is 0 Å². The molecule has 0 spiro atoms. The molecule has 0 aliphatic carbocycles. The molecule has 2 N–H and O–H groups in total. The summed E-state index contributed by atoms with van der Waals surface area (Å²) in [4.78, 5) is 13.8. The number of cyclic esters (lactones) is 1. The SMILES string of the molecule is CC1(CN)CN(c2ccccc2C(C)(C)C)C(=O)O1. The quantitative estimate of drug-likeness (QED) is 0.891. The van der Waals surface area contributed by atoms with Crippen molar-refractivity contribution in [1.29, 1.82) is 0 Å². The van der Waals surface area contributed by atoms with Crippen molar-refractivity contribution in [2.45, 2.75) is 38.7 Å². The number of benzene rings is 1. The molecule has 2 rings (SSSR count). The normalized spacial score (nSPS) is 23.6. The number of hydrogen-bond acceptors (Lipinski definition) is 3. The molecular formula is C15H22N2O2. The molecule has 4 nitrogen and oxygen atoms in total. The summed E-state index contributed by atoms with van der Waals surface area (Å²) in [5.74, 6) is 0. The van der Waals surface area contributed by atoms with Gasteiger partial charge in [-0.15, -0.1) is 0 Å². The molecule has 0 aromatic heterocycles. The molecule has 1 atom stereocenters. The maximum Gasteiger partial charge on any atom is 0.415 e. The summed E-state index contributed by atoms with van der Waals surface area (Å²) in [6, 6.07) is 7.95. The summed E-state index contributed by atoms with van der Waals surface area (Å²) >= 11 is 0. The Labute approximate surface area is 114 Å². The maximum absolute atomic E-state index is 12.1. The Morgan fingerprint density at radius 2 is 2.00 bits per heavy atom. The highest BCUT2D eigenvalue weighted by molar-refractivity contribution is 5.91. The minimum Gasteiger partial charge on any atom is -0.440 e. The highest BCUT2D eigenvalue weighted by Gasteiger charge is 2.42. The zero-order chi connectivity index (χ0) is 14.3. The predicted molar refractivity (Wildman–Crippen MR) is 76.4 cm³/mol. The van der Waals surface area contributed by atoms with E-state index in [1.165, 1.54) is 0 Å². The number of amides is 1. The second-order valence-corrected chi connectivity index (χ2v) is 6.38. The molecule has 1 aromatic rings. The van der Waals surface area contributed by atoms with Gasteiger partial charge in [0, 0.05) is 6.54 Å². The fourth-order valence-electron chi connectivity index (χ4n) is 2.33. The Bertz CT molecular complexity index is 493. The zero-order valence-corrected chi connectivity index (χ0v) is 12.1. The van der Waals surface area contributed by atoms with Crippen molar-refractivity contribution in [1.82, 2.24) is 0 Å². The van der Waals surface area contributed by atoms with E-state index in [2.05, 4.69) is 26.8 Å². The highest BCUT2D eigenvalue weighted by Crippen LogP contribution is 2.35. The number of carbonyl (C=O) groups is 1. The van der Waals surface area contributed by atoms with Crippen LogP contribution in [0.25, 0.3) is 0 Å². The monoisotopic (exact) mass is 262 g/mol. The number of ether oxygens (including phenoxy) is 1. The van der Waals surface area contributed by atoms with Crippen molar-refractivity contribution in [3.05, 3.63) is 29.8 Å². The molecule has 1 unspecified atom stereocenters. The number of anilines is 1. The standard InChI is InChI=1S/C15H22N2O2/c1-14(2,3)11-7-5-6-8-12(11)17-10-15(4,9-16)19-13(17)18/h5-8H,9-10,16H2,1-4H3. The molecule has 1 aliphatic rings. The minimum atomic E-state index is -0.595. The molecule has 1 aliphatic heterocycles. The van der Waals surface area contributed by atoms with Crippen molar-refractivity contribution in [3.8, 4) is 0 Å². The lowest BCUT2D eigenvalue weighted by atomic mass is 9.85. The minimum absolute atomic E-state index is 0.0292. The highest BCUT2D eigenvalue weighted by atomic mass is 16.6. The van der Waals surface area contributed by atoms with Crippen LogP contribution in [0.4, 0.5) is 10.5 Å². The summed E-state index contributed by atoms with van der Waals surface area (Å²) in [5, 5.41) is 0. The molecule has 19 heavy (non-hydrogen) atoms. The molecule has 1 aromatic carbocycles. The van der Waals surface area contributed by atoms with E-state index >= 15 is 0 Å². The number of para-hydroxylation sites is 1. The van der Waals surface area contributed by atoms with E-state index in [-0.39, 0.29) is 11.5 Å². The average Bonchev–Trinajstić information content (AvgIpc) is 2.65. The average molecular weight is 262 g/mol. The van der Waals surface area contributed by atoms with E-state index < -0.39 is 5.60 Å². The van der Waals surface area contributed by atoms with Crippen molar-refractivity contribution in [3.63, 3.8) is 0 Å². The van der Waals surface area contributed by atoms with Crippen LogP contribution in [0.3, 0.4) is 0 Å². The second kappa shape index (κ2) is 4.53. The Morgan fingerprint density at radius 3 is 2.53 bits per heavy atom. The van der Waals surface area contributed by atoms with Crippen molar-refractivity contribution in [2.24, 2.45) is 5.73 Å². The largest absolute Gasteiger partial charge is 0.440 e. The Hall–Kier alpha value is -1.55. The van der Waals surface area contributed by atoms with Crippen LogP contribution in [0.2, 0.25) is 0 Å². The van der Waals surface area contributed by atoms with Gasteiger partial charge in [-0.2, -0.15) is 0 Å². The Kier molecular flexibility index (Phi) is 3.31. The summed E-state index contributed by atoms with van der Waals surface area (Å²) in [7, 11) is 0. The van der Waals surface area contributed by atoms with Gasteiger partial charge in [0.05, 0.1) is 12.2 Å². The van der Waals surface area contributed by atoms with E-state index in [0.29, 0.717) is 13.1 Å². The van der Waals surface area contributed by atoms with Gasteiger partial charge in [0.15, 0.2) is 0 Å². The topological polar surface area (TPSA) is 55.6 Å². The first kappa shape index (κ1) is 13.9. The van der Waals surface area contributed by atoms with Gasteiger partial charge in [-0.05, 0) is 24.0 Å². The lowest BCUT2D eigenvalue weighted by Crippen LogP contribution is -2.39. The third-order valence-corrected chi connectivity index (χ3v) is 3.48. The first-order valence-electron chi connectivity index (χ1n) is 6.57. The van der Waals surface area contributed by atoms with E-state index in [1.54, 1.807) is 4.90 Å². The summed E-state index contributed by atoms with van der Waals surface area (Å²) in [5.41, 5.74) is 7.11. The fraction of sp³-hybridized carbons (Fsp3) is 0.533. The molecule has 0 radical (unpaired) electrons. The van der Waals surface area contributed by atoms with E-state index in [1.807, 2.05) is 25.1 Å². The zero-order valence-electron chi connectivity index (χ0n) is 12.1. The van der Waals surface area contributed by atoms with Gasteiger partial charge in [-0.3, -0.25) is 4.90 Å². The summed E-state index contributed by atoms with van der Waals surface area (Å²) in [6.45, 7) is 9.09. The molecule has 104 valence electrons. The Morgan fingerprint density at radius 1 is 1.37 bits per heavy atom. The summed E-state index contributed by atoms with van der Waals surface area (Å²) < 4.78 is 5.39. The van der Waals surface area contributed by atoms with Gasteiger partial charge in [-0.25, -0.2) is 4.79 Å². The third kappa shape index (κ3) is 2.59. The third-order valence-electron chi connectivity index (χ3n) is 3.48. The van der Waals surface area contributed by atoms with Crippen LogP contribution >= 0.6 is 0 Å². The van der Waals surface area contributed by atoms with Crippen LogP contribution in [-0.4, -0.2) is 24.8 Å². The van der Waals surface area contributed by atoms with E-state index in [9.17, 15) is 4.79 Å². The second-order valence-electron chi connectivity index (χ2n) is 6.38. The molecule has 1 fully saturated rings. The number of nitrogens with zero attached hydrogens (tertiary/aromatic N) is 1. The van der Waals surface area contributed by atoms with Crippen molar-refractivity contribution >= 4 is 11.8 Å². The fourth-order valence-corrected chi connectivity index (χ4v) is 2.33. The molecule has 0 bridgehead atoms. The van der Waals surface area contributed by atoms with Crippen LogP contribution in [0.1, 0.15) is 33.3 Å². The van der Waals surface area contributed by atoms with E-state index in [4.69, 9.17) is 10.5 Å². The molecule has 4 heteroatoms. The van der Waals surface area contributed by atoms with Gasteiger partial charge in [0.2, 0.25) is 0 Å². The number of carbonyl (C=O) groups excluding carboxylic acids is 1. The van der Waals surface area contributed by atoms with Gasteiger partial charge < -0.3 is 10.5 Å². The first-order valence-corrected chi connectivity index (χ1v) is 6.57. The number of nitrogens with two attached hydrogens (primary N) is 1. The molecule has 1 heterocycles. The maximum atomic E-state index is 12.1. The van der Waals surface area contributed by atoms with Crippen LogP contribution in [0.5, 0.6) is 0 Å².